The SMILES string of the molecule is COc1ccc2ncc(Cl)c(C(=O)CC[C@H]3CCN(CC#Cc4ccc(F)s4)C[C@H]3C(=O)O)c2c1. The predicted octanol–water partition coefficient (Wildman–Crippen LogP) is 5.13. The number of nitrogens with zero attached hydrogens (tertiary/aromatic N) is 2. The lowest BCUT2D eigenvalue weighted by Gasteiger charge is -2.35. The van der Waals surface area contributed by atoms with Gasteiger partial charge in [-0.2, -0.15) is 4.39 Å². The van der Waals surface area contributed by atoms with Crippen LogP contribution in [-0.4, -0.2) is 53.5 Å². The second kappa shape index (κ2) is 11.2. The highest BCUT2D eigenvalue weighted by Crippen LogP contribution is 2.32. The first-order valence-electron chi connectivity index (χ1n) is 11.2. The molecule has 35 heavy (non-hydrogen) atoms. The van der Waals surface area contributed by atoms with Crippen LogP contribution in [0.5, 0.6) is 5.75 Å². The van der Waals surface area contributed by atoms with E-state index in [4.69, 9.17) is 16.3 Å². The quantitative estimate of drug-likeness (QED) is 0.347. The van der Waals surface area contributed by atoms with Gasteiger partial charge in [-0.15, -0.1) is 0 Å². The molecule has 182 valence electrons. The van der Waals surface area contributed by atoms with Crippen molar-refractivity contribution in [3.63, 3.8) is 0 Å². The molecule has 4 rings (SSSR count). The van der Waals surface area contributed by atoms with Gasteiger partial charge in [-0.05, 0) is 55.6 Å². The molecule has 2 atom stereocenters. The number of hydrogen-bond donors (Lipinski definition) is 1. The van der Waals surface area contributed by atoms with E-state index >= 15 is 0 Å². The summed E-state index contributed by atoms with van der Waals surface area (Å²) in [6, 6.07) is 8.29. The maximum Gasteiger partial charge on any atom is 0.308 e. The molecule has 1 N–H and O–H groups in total. The number of carboxylic acid groups (broad SMARTS) is 1. The highest BCUT2D eigenvalue weighted by Gasteiger charge is 2.34. The summed E-state index contributed by atoms with van der Waals surface area (Å²) in [6.07, 6.45) is 2.76. The number of pyridine rings is 1. The summed E-state index contributed by atoms with van der Waals surface area (Å²) in [7, 11) is 1.55. The molecule has 6 nitrogen and oxygen atoms in total. The van der Waals surface area contributed by atoms with Crippen LogP contribution in [0, 0.1) is 28.8 Å². The third-order valence-electron chi connectivity index (χ3n) is 6.29. The van der Waals surface area contributed by atoms with Gasteiger partial charge in [0.25, 0.3) is 0 Å². The molecule has 1 aromatic carbocycles. The van der Waals surface area contributed by atoms with Crippen molar-refractivity contribution in [3.8, 4) is 17.6 Å². The van der Waals surface area contributed by atoms with Crippen LogP contribution in [0.4, 0.5) is 4.39 Å². The van der Waals surface area contributed by atoms with Gasteiger partial charge in [0.1, 0.15) is 5.75 Å². The second-order valence-electron chi connectivity index (χ2n) is 8.46. The van der Waals surface area contributed by atoms with Gasteiger partial charge >= 0.3 is 5.97 Å². The van der Waals surface area contributed by atoms with Crippen LogP contribution >= 0.6 is 22.9 Å². The van der Waals surface area contributed by atoms with E-state index in [1.54, 1.807) is 31.4 Å². The Bertz CT molecular complexity index is 1320. The maximum atomic E-state index is 13.2. The van der Waals surface area contributed by atoms with Crippen LogP contribution in [0.3, 0.4) is 0 Å². The summed E-state index contributed by atoms with van der Waals surface area (Å²) in [4.78, 5) is 32.1. The number of likely N-dealkylation sites (tertiary alicyclic amines) is 1. The number of carbonyl (C=O) groups is 2. The van der Waals surface area contributed by atoms with Gasteiger partial charge in [-0.25, -0.2) is 0 Å². The number of ketones is 1. The number of fused-ring (bicyclic) bond motifs is 1. The van der Waals surface area contributed by atoms with Gasteiger partial charge in [0.2, 0.25) is 0 Å². The average molecular weight is 515 g/mol. The van der Waals surface area contributed by atoms with Gasteiger partial charge in [-0.1, -0.05) is 34.8 Å². The summed E-state index contributed by atoms with van der Waals surface area (Å²) in [5.74, 6) is 4.78. The molecule has 0 radical (unpaired) electrons. The van der Waals surface area contributed by atoms with Gasteiger partial charge in [0.05, 0.1) is 35.0 Å². The van der Waals surface area contributed by atoms with Crippen molar-refractivity contribution in [2.75, 3.05) is 26.7 Å². The van der Waals surface area contributed by atoms with Crippen LogP contribution < -0.4 is 4.74 Å². The summed E-state index contributed by atoms with van der Waals surface area (Å²) in [6.45, 7) is 1.46. The average Bonchev–Trinajstić information content (AvgIpc) is 3.27. The maximum absolute atomic E-state index is 13.2. The van der Waals surface area contributed by atoms with Crippen LogP contribution in [-0.2, 0) is 4.79 Å². The van der Waals surface area contributed by atoms with Crippen molar-refractivity contribution in [3.05, 3.63) is 57.1 Å². The van der Waals surface area contributed by atoms with Crippen LogP contribution in [0.15, 0.2) is 36.5 Å². The zero-order valence-electron chi connectivity index (χ0n) is 19.1. The smallest absolute Gasteiger partial charge is 0.308 e. The first-order chi connectivity index (χ1) is 16.9. The number of rotatable bonds is 7. The van der Waals surface area contributed by atoms with Crippen molar-refractivity contribution >= 4 is 45.6 Å². The number of aromatic nitrogens is 1. The summed E-state index contributed by atoms with van der Waals surface area (Å²) < 4.78 is 18.4. The number of aliphatic carboxylic acids is 1. The molecule has 0 unspecified atom stereocenters. The van der Waals surface area contributed by atoms with E-state index in [1.807, 2.05) is 4.90 Å². The van der Waals surface area contributed by atoms with E-state index in [9.17, 15) is 19.1 Å². The number of carbonyl (C=O) groups excluding carboxylic acids is 1. The number of benzene rings is 1. The number of piperidine rings is 1. The Labute approximate surface area is 211 Å². The van der Waals surface area contributed by atoms with E-state index in [-0.39, 0.29) is 28.3 Å². The highest BCUT2D eigenvalue weighted by molar-refractivity contribution is 7.10. The number of Topliss-reactive ketones (excluding diaryl/α,β-unsaturated/α-hetero) is 1. The summed E-state index contributed by atoms with van der Waals surface area (Å²) in [5.41, 5.74) is 1.03. The van der Waals surface area contributed by atoms with Crippen molar-refractivity contribution < 1.29 is 23.8 Å². The molecule has 0 saturated carbocycles. The second-order valence-corrected chi connectivity index (χ2v) is 9.90. The number of thiophene rings is 1. The van der Waals surface area contributed by atoms with Gasteiger partial charge in [0.15, 0.2) is 10.9 Å². The molecule has 0 aliphatic carbocycles. The van der Waals surface area contributed by atoms with E-state index in [1.165, 1.54) is 12.3 Å². The van der Waals surface area contributed by atoms with Crippen LogP contribution in [0.25, 0.3) is 10.9 Å². The molecule has 1 saturated heterocycles. The molecular weight excluding hydrogens is 491 g/mol. The van der Waals surface area contributed by atoms with Crippen molar-refractivity contribution in [1.29, 1.82) is 0 Å². The Morgan fingerprint density at radius 1 is 1.34 bits per heavy atom. The molecule has 2 aromatic heterocycles. The minimum atomic E-state index is -0.877. The van der Waals surface area contributed by atoms with Crippen LogP contribution in [0.2, 0.25) is 5.02 Å². The third kappa shape index (κ3) is 5.99. The van der Waals surface area contributed by atoms with Gasteiger partial charge < -0.3 is 9.84 Å². The number of hydrogen-bond acceptors (Lipinski definition) is 6. The predicted molar refractivity (Wildman–Crippen MR) is 134 cm³/mol. The Morgan fingerprint density at radius 2 is 2.17 bits per heavy atom. The lowest BCUT2D eigenvalue weighted by molar-refractivity contribution is -0.146. The lowest BCUT2D eigenvalue weighted by Crippen LogP contribution is -2.44. The Hall–Kier alpha value is -2.99. The zero-order chi connectivity index (χ0) is 24.9. The van der Waals surface area contributed by atoms with Crippen molar-refractivity contribution in [2.45, 2.75) is 19.3 Å². The highest BCUT2D eigenvalue weighted by atomic mass is 35.5. The number of halogens is 2. The molecular formula is C26H24ClFN2O4S. The topological polar surface area (TPSA) is 79.7 Å². The molecule has 3 aromatic rings. The standard InChI is InChI=1S/C26H24ClFN2O4S/c1-34-17-5-7-22-19(13-17)25(21(27)14-29-22)23(31)8-4-16-10-12-30(15-20(16)26(32)33)11-2-3-18-6-9-24(28)35-18/h5-7,9,13-14,16,20H,4,8,10-12,15H2,1H3,(H,32,33)/t16-,20+/m0/s1. The third-order valence-corrected chi connectivity index (χ3v) is 7.37. The molecule has 1 fully saturated rings. The molecule has 0 spiro atoms. The number of ether oxygens (including phenoxy) is 1. The largest absolute Gasteiger partial charge is 0.497 e. The Kier molecular flexibility index (Phi) is 8.01. The molecule has 0 bridgehead atoms. The summed E-state index contributed by atoms with van der Waals surface area (Å²) >= 11 is 7.34. The van der Waals surface area contributed by atoms with Crippen molar-refractivity contribution in [2.24, 2.45) is 11.8 Å². The van der Waals surface area contributed by atoms with E-state index in [0.29, 0.717) is 59.6 Å². The first kappa shape index (κ1) is 25.1. The fourth-order valence-electron chi connectivity index (χ4n) is 4.46. The molecule has 1 aliphatic rings. The fourth-order valence-corrected chi connectivity index (χ4v) is 5.32. The molecule has 9 heteroatoms. The van der Waals surface area contributed by atoms with E-state index < -0.39 is 11.9 Å². The number of methoxy groups -OCH3 is 1. The Morgan fingerprint density at radius 3 is 2.89 bits per heavy atom. The van der Waals surface area contributed by atoms with Gasteiger partial charge in [-0.3, -0.25) is 19.5 Å². The summed E-state index contributed by atoms with van der Waals surface area (Å²) in [5, 5.41) is 10.4. The lowest BCUT2D eigenvalue weighted by atomic mass is 9.81. The van der Waals surface area contributed by atoms with Crippen LogP contribution in [0.1, 0.15) is 34.5 Å². The van der Waals surface area contributed by atoms with Crippen molar-refractivity contribution in [1.82, 2.24) is 9.88 Å². The minimum Gasteiger partial charge on any atom is -0.497 e. The molecule has 1 aliphatic heterocycles. The van der Waals surface area contributed by atoms with E-state index in [2.05, 4.69) is 16.8 Å². The fraction of sp³-hybridized carbons (Fsp3) is 0.346. The Balaban J connectivity index is 1.41. The number of carboxylic acids is 1. The molecule has 0 amide bonds. The monoisotopic (exact) mass is 514 g/mol. The first-order valence-corrected chi connectivity index (χ1v) is 12.4. The van der Waals surface area contributed by atoms with Gasteiger partial charge in [0, 0.05) is 30.1 Å². The minimum absolute atomic E-state index is 0.131. The normalized spacial score (nSPS) is 18.1. The zero-order valence-corrected chi connectivity index (χ0v) is 20.7. The molecule has 3 heterocycles. The van der Waals surface area contributed by atoms with E-state index in [0.717, 1.165) is 11.3 Å².